The lowest BCUT2D eigenvalue weighted by Gasteiger charge is -2.19. The first-order valence-electron chi connectivity index (χ1n) is 6.70. The Morgan fingerprint density at radius 1 is 0.889 bits per heavy atom. The predicted molar refractivity (Wildman–Crippen MR) is 66.7 cm³/mol. The Morgan fingerprint density at radius 3 is 2.00 bits per heavy atom. The maximum atomic E-state index is 12.5. The summed E-state index contributed by atoms with van der Waals surface area (Å²) in [5, 5.41) is 0. The number of carbonyl (C=O) groups excluding carboxylic acids is 2. The smallest absolute Gasteiger partial charge is 0.237 e. The average molecular weight is 241 g/mol. The Balaban J connectivity index is 1.76. The summed E-state index contributed by atoms with van der Waals surface area (Å²) in [6.07, 6.45) is 3.36. The molecule has 0 unspecified atom stereocenters. The number of amides is 2. The van der Waals surface area contributed by atoms with Gasteiger partial charge in [-0.1, -0.05) is 18.2 Å². The minimum absolute atomic E-state index is 0.0172. The zero-order chi connectivity index (χ0) is 12.3. The number of hydrogen-bond donors (Lipinski definition) is 0. The summed E-state index contributed by atoms with van der Waals surface area (Å²) in [5.41, 5.74) is 0.737. The maximum absolute atomic E-state index is 12.5. The third-order valence-electron chi connectivity index (χ3n) is 4.94. The molecule has 0 aromatic heterocycles. The number of rotatable bonds is 1. The van der Waals surface area contributed by atoms with Crippen molar-refractivity contribution in [2.45, 2.75) is 19.3 Å². The van der Waals surface area contributed by atoms with Gasteiger partial charge in [-0.2, -0.15) is 0 Å². The van der Waals surface area contributed by atoms with Crippen molar-refractivity contribution in [2.75, 3.05) is 4.90 Å². The van der Waals surface area contributed by atoms with Crippen LogP contribution in [0.3, 0.4) is 0 Å². The van der Waals surface area contributed by atoms with Crippen LogP contribution in [0.1, 0.15) is 19.3 Å². The van der Waals surface area contributed by atoms with E-state index in [1.165, 1.54) is 4.90 Å². The van der Waals surface area contributed by atoms with Gasteiger partial charge < -0.3 is 0 Å². The van der Waals surface area contributed by atoms with Crippen LogP contribution in [0.5, 0.6) is 0 Å². The van der Waals surface area contributed by atoms with Crippen molar-refractivity contribution in [2.24, 2.45) is 23.7 Å². The first-order chi connectivity index (χ1) is 8.77. The molecule has 1 saturated heterocycles. The molecule has 3 heteroatoms. The zero-order valence-corrected chi connectivity index (χ0v) is 10.1. The molecule has 2 bridgehead atoms. The van der Waals surface area contributed by atoms with E-state index in [1.54, 1.807) is 0 Å². The third kappa shape index (κ3) is 1.14. The van der Waals surface area contributed by atoms with Gasteiger partial charge in [0.15, 0.2) is 0 Å². The van der Waals surface area contributed by atoms with Crippen LogP contribution >= 0.6 is 0 Å². The Labute approximate surface area is 106 Å². The molecule has 1 aromatic rings. The first kappa shape index (κ1) is 10.3. The molecule has 0 N–H and O–H groups in total. The van der Waals surface area contributed by atoms with E-state index in [9.17, 15) is 9.59 Å². The Kier molecular flexibility index (Phi) is 1.97. The van der Waals surface area contributed by atoms with Gasteiger partial charge in [0.05, 0.1) is 17.5 Å². The van der Waals surface area contributed by atoms with E-state index >= 15 is 0 Å². The van der Waals surface area contributed by atoms with Gasteiger partial charge in [-0.05, 0) is 43.2 Å². The van der Waals surface area contributed by atoms with Gasteiger partial charge in [0.1, 0.15) is 0 Å². The van der Waals surface area contributed by atoms with Crippen molar-refractivity contribution in [1.29, 1.82) is 0 Å². The van der Waals surface area contributed by atoms with Crippen LogP contribution in [0, 0.1) is 23.7 Å². The largest absolute Gasteiger partial charge is 0.274 e. The highest BCUT2D eigenvalue weighted by atomic mass is 16.2. The molecule has 0 spiro atoms. The number of imide groups is 1. The molecule has 18 heavy (non-hydrogen) atoms. The number of hydrogen-bond acceptors (Lipinski definition) is 2. The van der Waals surface area contributed by atoms with Gasteiger partial charge in [0.2, 0.25) is 11.8 Å². The number of fused-ring (bicyclic) bond motifs is 5. The molecule has 2 aliphatic carbocycles. The second-order valence-corrected chi connectivity index (χ2v) is 5.73. The Morgan fingerprint density at radius 2 is 1.44 bits per heavy atom. The van der Waals surface area contributed by atoms with E-state index < -0.39 is 0 Å². The van der Waals surface area contributed by atoms with Gasteiger partial charge in [0.25, 0.3) is 0 Å². The van der Waals surface area contributed by atoms with Crippen LogP contribution < -0.4 is 4.90 Å². The molecular formula is C15H15NO2. The van der Waals surface area contributed by atoms with Gasteiger partial charge in [-0.25, -0.2) is 0 Å². The second-order valence-electron chi connectivity index (χ2n) is 5.73. The quantitative estimate of drug-likeness (QED) is 0.707. The lowest BCUT2D eigenvalue weighted by Crippen LogP contribution is -2.32. The van der Waals surface area contributed by atoms with E-state index in [4.69, 9.17) is 0 Å². The van der Waals surface area contributed by atoms with Gasteiger partial charge in [-0.3, -0.25) is 14.5 Å². The van der Waals surface area contributed by atoms with E-state index in [1.807, 2.05) is 30.3 Å². The average Bonchev–Trinajstić information content (AvgIpc) is 3.05. The lowest BCUT2D eigenvalue weighted by atomic mass is 9.81. The van der Waals surface area contributed by atoms with Crippen molar-refractivity contribution in [3.8, 4) is 0 Å². The summed E-state index contributed by atoms with van der Waals surface area (Å²) in [6, 6.07) is 9.34. The van der Waals surface area contributed by atoms with Crippen molar-refractivity contribution >= 4 is 17.5 Å². The van der Waals surface area contributed by atoms with Crippen LogP contribution in [0.2, 0.25) is 0 Å². The van der Waals surface area contributed by atoms with E-state index in [0.717, 1.165) is 24.9 Å². The van der Waals surface area contributed by atoms with Gasteiger partial charge in [-0.15, -0.1) is 0 Å². The molecule has 1 aromatic carbocycles. The fraction of sp³-hybridized carbons (Fsp3) is 0.467. The number of nitrogens with zero attached hydrogens (tertiary/aromatic N) is 1. The minimum atomic E-state index is -0.0172. The fourth-order valence-corrected chi connectivity index (χ4v) is 4.24. The molecule has 3 aliphatic rings. The van der Waals surface area contributed by atoms with Crippen LogP contribution in [-0.4, -0.2) is 11.8 Å². The molecular weight excluding hydrogens is 226 g/mol. The number of carbonyl (C=O) groups is 2. The molecule has 4 atom stereocenters. The highest BCUT2D eigenvalue weighted by Crippen LogP contribution is 2.56. The molecule has 92 valence electrons. The topological polar surface area (TPSA) is 37.4 Å². The summed E-state index contributed by atoms with van der Waals surface area (Å²) >= 11 is 0. The monoisotopic (exact) mass is 241 g/mol. The molecule has 2 amide bonds. The molecule has 3 fully saturated rings. The van der Waals surface area contributed by atoms with Crippen molar-refractivity contribution < 1.29 is 9.59 Å². The van der Waals surface area contributed by atoms with Gasteiger partial charge >= 0.3 is 0 Å². The molecule has 1 aliphatic heterocycles. The summed E-state index contributed by atoms with van der Waals surface area (Å²) < 4.78 is 0. The summed E-state index contributed by atoms with van der Waals surface area (Å²) in [6.45, 7) is 0. The first-order valence-corrected chi connectivity index (χ1v) is 6.70. The van der Waals surface area contributed by atoms with Crippen LogP contribution in [-0.2, 0) is 9.59 Å². The lowest BCUT2D eigenvalue weighted by molar-refractivity contribution is -0.123. The standard InChI is InChI=1S/C15H15NO2/c17-14-12-9-6-7-10(8-9)13(12)15(18)16(14)11-4-2-1-3-5-11/h1-5,9-10,12-13H,6-8H2/t9-,10+,12+,13-. The maximum Gasteiger partial charge on any atom is 0.237 e. The molecule has 3 nitrogen and oxygen atoms in total. The minimum Gasteiger partial charge on any atom is -0.274 e. The van der Waals surface area contributed by atoms with E-state index in [-0.39, 0.29) is 23.7 Å². The highest BCUT2D eigenvalue weighted by Gasteiger charge is 2.61. The SMILES string of the molecule is O=C1[C@@H]2[C@H]3CC[C@H](C3)[C@@H]2C(=O)N1c1ccccc1. The number of para-hydroxylation sites is 1. The molecule has 1 heterocycles. The third-order valence-corrected chi connectivity index (χ3v) is 4.94. The van der Waals surface area contributed by atoms with Crippen molar-refractivity contribution in [3.05, 3.63) is 30.3 Å². The molecule has 2 saturated carbocycles. The Bertz CT molecular complexity index is 497. The summed E-state index contributed by atoms with van der Waals surface area (Å²) in [4.78, 5) is 26.4. The predicted octanol–water partition coefficient (Wildman–Crippen LogP) is 2.22. The van der Waals surface area contributed by atoms with Gasteiger partial charge in [0, 0.05) is 0 Å². The zero-order valence-electron chi connectivity index (χ0n) is 10.1. The van der Waals surface area contributed by atoms with Crippen LogP contribution in [0.15, 0.2) is 30.3 Å². The van der Waals surface area contributed by atoms with Crippen molar-refractivity contribution in [3.63, 3.8) is 0 Å². The van der Waals surface area contributed by atoms with Crippen molar-refractivity contribution in [1.82, 2.24) is 0 Å². The van der Waals surface area contributed by atoms with Crippen LogP contribution in [0.25, 0.3) is 0 Å². The molecule has 0 radical (unpaired) electrons. The van der Waals surface area contributed by atoms with Crippen LogP contribution in [0.4, 0.5) is 5.69 Å². The number of benzene rings is 1. The second kappa shape index (κ2) is 3.44. The summed E-state index contributed by atoms with van der Waals surface area (Å²) in [5.74, 6) is 0.982. The normalized spacial score (nSPS) is 37.4. The Hall–Kier alpha value is -1.64. The summed E-state index contributed by atoms with van der Waals surface area (Å²) in [7, 11) is 0. The fourth-order valence-electron chi connectivity index (χ4n) is 4.24. The molecule has 4 rings (SSSR count). The van der Waals surface area contributed by atoms with E-state index in [2.05, 4.69) is 0 Å². The van der Waals surface area contributed by atoms with E-state index in [0.29, 0.717) is 11.8 Å². The highest BCUT2D eigenvalue weighted by molar-refractivity contribution is 6.22. The number of anilines is 1.